The maximum atomic E-state index is 13.9. The number of benzene rings is 2. The number of halogens is 2. The van der Waals surface area contributed by atoms with E-state index < -0.39 is 17.5 Å². The van der Waals surface area contributed by atoms with E-state index >= 15 is 0 Å². The number of nitrogens with zero attached hydrogens (tertiary/aromatic N) is 1. The van der Waals surface area contributed by atoms with E-state index in [0.717, 1.165) is 42.4 Å². The van der Waals surface area contributed by atoms with Crippen LogP contribution < -0.4 is 4.74 Å². The van der Waals surface area contributed by atoms with Gasteiger partial charge >= 0.3 is 0 Å². The number of hydrogen-bond acceptors (Lipinski definition) is 2. The number of carbonyl (C=O) groups is 1. The topological polar surface area (TPSA) is 29.5 Å². The molecule has 2 aromatic carbocycles. The summed E-state index contributed by atoms with van der Waals surface area (Å²) in [4.78, 5) is 14.2. The second kappa shape index (κ2) is 6.36. The summed E-state index contributed by atoms with van der Waals surface area (Å²) in [5.41, 5.74) is 0.749. The molecule has 0 N–H and O–H groups in total. The van der Waals surface area contributed by atoms with Gasteiger partial charge in [0.05, 0.1) is 18.7 Å². The van der Waals surface area contributed by atoms with Crippen LogP contribution in [0.5, 0.6) is 5.75 Å². The molecule has 0 spiro atoms. The zero-order valence-corrected chi connectivity index (χ0v) is 12.8. The molecule has 1 atom stereocenters. The van der Waals surface area contributed by atoms with Crippen LogP contribution in [0.15, 0.2) is 42.5 Å². The normalized spacial score (nSPS) is 17.3. The lowest BCUT2D eigenvalue weighted by Crippen LogP contribution is -2.31. The van der Waals surface area contributed by atoms with Gasteiger partial charge in [-0.15, -0.1) is 0 Å². The number of carbonyl (C=O) groups excluding carboxylic acids is 1. The molecule has 1 aliphatic heterocycles. The third-order valence-corrected chi connectivity index (χ3v) is 4.17. The van der Waals surface area contributed by atoms with E-state index in [0.29, 0.717) is 6.54 Å². The zero-order valence-electron chi connectivity index (χ0n) is 12.8. The molecule has 23 heavy (non-hydrogen) atoms. The second-order valence-corrected chi connectivity index (χ2v) is 5.55. The fourth-order valence-electron chi connectivity index (χ4n) is 3.00. The van der Waals surface area contributed by atoms with Crippen molar-refractivity contribution < 1.29 is 18.3 Å². The Balaban J connectivity index is 1.88. The summed E-state index contributed by atoms with van der Waals surface area (Å²) in [5.74, 6) is -1.05. The number of rotatable bonds is 3. The first kappa shape index (κ1) is 15.5. The molecule has 1 saturated heterocycles. The van der Waals surface area contributed by atoms with E-state index in [-0.39, 0.29) is 11.6 Å². The summed E-state index contributed by atoms with van der Waals surface area (Å²) >= 11 is 0. The van der Waals surface area contributed by atoms with Crippen molar-refractivity contribution in [1.29, 1.82) is 0 Å². The van der Waals surface area contributed by atoms with Gasteiger partial charge in [-0.2, -0.15) is 0 Å². The standard InChI is InChI=1S/C18H17F2NO2/c1-23-14-7-4-12(5-8-14)17-3-2-10-21(17)18(22)15-11-13(19)6-9-16(15)20/h4-9,11,17H,2-3,10H2,1H3/t17-/m0/s1. The van der Waals surface area contributed by atoms with Crippen LogP contribution in [0.3, 0.4) is 0 Å². The smallest absolute Gasteiger partial charge is 0.257 e. The Kier molecular flexibility index (Phi) is 4.28. The Hall–Kier alpha value is -2.43. The summed E-state index contributed by atoms with van der Waals surface area (Å²) in [6, 6.07) is 10.3. The van der Waals surface area contributed by atoms with Gasteiger partial charge in [0.25, 0.3) is 5.91 Å². The summed E-state index contributed by atoms with van der Waals surface area (Å²) < 4.78 is 32.4. The van der Waals surface area contributed by atoms with Crippen LogP contribution in [0, 0.1) is 11.6 Å². The van der Waals surface area contributed by atoms with Crippen LogP contribution >= 0.6 is 0 Å². The molecule has 0 unspecified atom stereocenters. The molecule has 0 aliphatic carbocycles. The minimum Gasteiger partial charge on any atom is -0.497 e. The zero-order chi connectivity index (χ0) is 16.4. The average molecular weight is 317 g/mol. The van der Waals surface area contributed by atoms with E-state index in [4.69, 9.17) is 4.74 Å². The van der Waals surface area contributed by atoms with Gasteiger partial charge in [-0.3, -0.25) is 4.79 Å². The lowest BCUT2D eigenvalue weighted by Gasteiger charge is -2.25. The molecule has 1 aliphatic rings. The van der Waals surface area contributed by atoms with E-state index in [1.807, 2.05) is 24.3 Å². The predicted molar refractivity (Wildman–Crippen MR) is 82.4 cm³/mol. The molecule has 3 nitrogen and oxygen atoms in total. The summed E-state index contributed by atoms with van der Waals surface area (Å²) in [7, 11) is 1.59. The maximum absolute atomic E-state index is 13.9. The van der Waals surface area contributed by atoms with E-state index in [1.165, 1.54) is 0 Å². The van der Waals surface area contributed by atoms with Gasteiger partial charge in [0.1, 0.15) is 17.4 Å². The van der Waals surface area contributed by atoms with E-state index in [9.17, 15) is 13.6 Å². The molecule has 0 bridgehead atoms. The van der Waals surface area contributed by atoms with Crippen molar-refractivity contribution >= 4 is 5.91 Å². The van der Waals surface area contributed by atoms with Crippen molar-refractivity contribution in [2.75, 3.05) is 13.7 Å². The molecule has 120 valence electrons. The molecule has 2 aromatic rings. The van der Waals surface area contributed by atoms with Gasteiger partial charge in [-0.25, -0.2) is 8.78 Å². The van der Waals surface area contributed by atoms with Gasteiger partial charge < -0.3 is 9.64 Å². The van der Waals surface area contributed by atoms with Gasteiger partial charge in [0.2, 0.25) is 0 Å². The lowest BCUT2D eigenvalue weighted by molar-refractivity contribution is 0.0730. The Morgan fingerprint density at radius 1 is 1.17 bits per heavy atom. The molecule has 5 heteroatoms. The molecule has 0 saturated carbocycles. The Labute approximate surface area is 133 Å². The third kappa shape index (κ3) is 3.04. The summed E-state index contributed by atoms with van der Waals surface area (Å²) in [5, 5.41) is 0. The SMILES string of the molecule is COc1ccc([C@@H]2CCCN2C(=O)c2cc(F)ccc2F)cc1. The molecule has 1 amide bonds. The van der Waals surface area contributed by atoms with Crippen LogP contribution in [0.25, 0.3) is 0 Å². The maximum Gasteiger partial charge on any atom is 0.257 e. The molecule has 1 fully saturated rings. The van der Waals surface area contributed by atoms with Crippen LogP contribution in [0.4, 0.5) is 8.78 Å². The van der Waals surface area contributed by atoms with E-state index in [1.54, 1.807) is 12.0 Å². The number of likely N-dealkylation sites (tertiary alicyclic amines) is 1. The minimum absolute atomic E-state index is 0.129. The molecule has 3 rings (SSSR count). The highest BCUT2D eigenvalue weighted by Crippen LogP contribution is 2.34. The number of hydrogen-bond donors (Lipinski definition) is 0. The second-order valence-electron chi connectivity index (χ2n) is 5.55. The van der Waals surface area contributed by atoms with Gasteiger partial charge in [0, 0.05) is 6.54 Å². The van der Waals surface area contributed by atoms with Crippen LogP contribution in [-0.4, -0.2) is 24.5 Å². The Bertz CT molecular complexity index is 715. The fraction of sp³-hybridized carbons (Fsp3) is 0.278. The highest BCUT2D eigenvalue weighted by Gasteiger charge is 2.31. The van der Waals surface area contributed by atoms with Crippen molar-refractivity contribution in [1.82, 2.24) is 4.90 Å². The minimum atomic E-state index is -0.697. The average Bonchev–Trinajstić information content (AvgIpc) is 3.06. The number of methoxy groups -OCH3 is 1. The first-order chi connectivity index (χ1) is 11.1. The molecular formula is C18H17F2NO2. The van der Waals surface area contributed by atoms with Crippen molar-refractivity contribution in [2.24, 2.45) is 0 Å². The van der Waals surface area contributed by atoms with Crippen molar-refractivity contribution in [2.45, 2.75) is 18.9 Å². The number of amides is 1. The Morgan fingerprint density at radius 2 is 1.91 bits per heavy atom. The highest BCUT2D eigenvalue weighted by atomic mass is 19.1. The van der Waals surface area contributed by atoms with Crippen LogP contribution in [0.2, 0.25) is 0 Å². The van der Waals surface area contributed by atoms with Crippen molar-refractivity contribution in [3.63, 3.8) is 0 Å². The molecule has 0 aromatic heterocycles. The van der Waals surface area contributed by atoms with Gasteiger partial charge in [-0.05, 0) is 48.7 Å². The largest absolute Gasteiger partial charge is 0.497 e. The first-order valence-electron chi connectivity index (χ1n) is 7.50. The van der Waals surface area contributed by atoms with Gasteiger partial charge in [0.15, 0.2) is 0 Å². The van der Waals surface area contributed by atoms with Crippen molar-refractivity contribution in [3.05, 3.63) is 65.2 Å². The molecule has 1 heterocycles. The summed E-state index contributed by atoms with van der Waals surface area (Å²) in [6.45, 7) is 0.533. The monoisotopic (exact) mass is 317 g/mol. The first-order valence-corrected chi connectivity index (χ1v) is 7.50. The fourth-order valence-corrected chi connectivity index (χ4v) is 3.00. The summed E-state index contributed by atoms with van der Waals surface area (Å²) in [6.07, 6.45) is 1.63. The van der Waals surface area contributed by atoms with Gasteiger partial charge in [-0.1, -0.05) is 12.1 Å². The predicted octanol–water partition coefficient (Wildman–Crippen LogP) is 3.95. The third-order valence-electron chi connectivity index (χ3n) is 4.17. The van der Waals surface area contributed by atoms with E-state index in [2.05, 4.69) is 0 Å². The highest BCUT2D eigenvalue weighted by molar-refractivity contribution is 5.95. The quantitative estimate of drug-likeness (QED) is 0.858. The number of ether oxygens (including phenoxy) is 1. The van der Waals surface area contributed by atoms with Crippen molar-refractivity contribution in [3.8, 4) is 5.75 Å². The lowest BCUT2D eigenvalue weighted by atomic mass is 10.0. The Morgan fingerprint density at radius 3 is 2.61 bits per heavy atom. The molecular weight excluding hydrogens is 300 g/mol. The van der Waals surface area contributed by atoms with Crippen LogP contribution in [-0.2, 0) is 0 Å². The van der Waals surface area contributed by atoms with Crippen LogP contribution in [0.1, 0.15) is 34.8 Å². The molecule has 0 radical (unpaired) electrons.